The van der Waals surface area contributed by atoms with E-state index in [9.17, 15) is 4.79 Å². The molecule has 0 fully saturated rings. The molecule has 3 heterocycles. The maximum absolute atomic E-state index is 12.7. The van der Waals surface area contributed by atoms with Crippen LogP contribution in [-0.4, -0.2) is 42.0 Å². The quantitative estimate of drug-likeness (QED) is 0.691. The van der Waals surface area contributed by atoms with E-state index < -0.39 is 0 Å². The lowest BCUT2D eigenvalue weighted by Gasteiger charge is -2.17. The molecule has 126 valence electrons. The Hall–Kier alpha value is -1.76. The Bertz CT molecular complexity index is 807. The highest BCUT2D eigenvalue weighted by Crippen LogP contribution is 2.39. The van der Waals surface area contributed by atoms with Crippen molar-refractivity contribution >= 4 is 38.8 Å². The smallest absolute Gasteiger partial charge is 0.262 e. The fraction of sp³-hybridized carbons (Fsp3) is 0.333. The molecule has 24 heavy (non-hydrogen) atoms. The molecule has 3 rings (SSSR count). The molecule has 0 aromatic carbocycles. The maximum Gasteiger partial charge on any atom is 0.262 e. The average Bonchev–Trinajstić information content (AvgIpc) is 3.25. The van der Waals surface area contributed by atoms with Crippen molar-refractivity contribution in [2.24, 2.45) is 0 Å². The fourth-order valence-electron chi connectivity index (χ4n) is 2.71. The molecule has 1 N–H and O–H groups in total. The van der Waals surface area contributed by atoms with Crippen molar-refractivity contribution in [2.45, 2.75) is 13.8 Å². The van der Waals surface area contributed by atoms with Crippen LogP contribution in [0.15, 0.2) is 35.8 Å². The van der Waals surface area contributed by atoms with Crippen LogP contribution < -0.4 is 5.32 Å². The van der Waals surface area contributed by atoms with E-state index >= 15 is 0 Å². The Balaban J connectivity index is 1.86. The van der Waals surface area contributed by atoms with E-state index in [2.05, 4.69) is 35.1 Å². The van der Waals surface area contributed by atoms with Gasteiger partial charge in [-0.05, 0) is 36.7 Å². The monoisotopic (exact) mass is 359 g/mol. The van der Waals surface area contributed by atoms with Crippen LogP contribution in [0.3, 0.4) is 0 Å². The van der Waals surface area contributed by atoms with Gasteiger partial charge in [-0.25, -0.2) is 4.98 Å². The van der Waals surface area contributed by atoms with Gasteiger partial charge in [-0.15, -0.1) is 22.7 Å². The molecule has 4 nitrogen and oxygen atoms in total. The lowest BCUT2D eigenvalue weighted by atomic mass is 10.1. The van der Waals surface area contributed by atoms with E-state index in [1.54, 1.807) is 17.5 Å². The SMILES string of the molecule is CCN(CC)CCNC(=O)c1sc2ncccc2c1-c1cccs1. The highest BCUT2D eigenvalue weighted by atomic mass is 32.1. The van der Waals surface area contributed by atoms with Gasteiger partial charge in [0.25, 0.3) is 5.91 Å². The van der Waals surface area contributed by atoms with Crippen molar-refractivity contribution in [3.8, 4) is 10.4 Å². The van der Waals surface area contributed by atoms with Crippen molar-refractivity contribution in [2.75, 3.05) is 26.2 Å². The van der Waals surface area contributed by atoms with Crippen LogP contribution in [0.25, 0.3) is 20.7 Å². The van der Waals surface area contributed by atoms with E-state index in [0.29, 0.717) is 6.54 Å². The lowest BCUT2D eigenvalue weighted by molar-refractivity contribution is 0.0953. The molecule has 0 atom stereocenters. The van der Waals surface area contributed by atoms with Crippen LogP contribution in [0.4, 0.5) is 0 Å². The first-order chi connectivity index (χ1) is 11.7. The zero-order valence-electron chi connectivity index (χ0n) is 13.9. The van der Waals surface area contributed by atoms with Crippen molar-refractivity contribution < 1.29 is 4.79 Å². The minimum atomic E-state index is -0.00597. The molecule has 0 radical (unpaired) electrons. The van der Waals surface area contributed by atoms with Crippen LogP contribution in [0, 0.1) is 0 Å². The number of likely N-dealkylation sites (N-methyl/N-ethyl adjacent to an activating group) is 1. The first kappa shape index (κ1) is 17.1. The summed E-state index contributed by atoms with van der Waals surface area (Å²) < 4.78 is 0. The Kier molecular flexibility index (Phi) is 5.60. The Morgan fingerprint density at radius 2 is 2.08 bits per heavy atom. The summed E-state index contributed by atoms with van der Waals surface area (Å²) in [5.74, 6) is -0.00597. The molecule has 3 aromatic heterocycles. The van der Waals surface area contributed by atoms with Crippen LogP contribution >= 0.6 is 22.7 Å². The van der Waals surface area contributed by atoms with Crippen LogP contribution in [0.5, 0.6) is 0 Å². The van der Waals surface area contributed by atoms with Crippen molar-refractivity contribution in [1.82, 2.24) is 15.2 Å². The van der Waals surface area contributed by atoms with Gasteiger partial charge in [-0.3, -0.25) is 4.79 Å². The lowest BCUT2D eigenvalue weighted by Crippen LogP contribution is -2.34. The molecule has 0 aliphatic heterocycles. The minimum Gasteiger partial charge on any atom is -0.350 e. The Morgan fingerprint density at radius 1 is 1.25 bits per heavy atom. The van der Waals surface area contributed by atoms with E-state index in [-0.39, 0.29) is 5.91 Å². The summed E-state index contributed by atoms with van der Waals surface area (Å²) in [5.41, 5.74) is 1.01. The summed E-state index contributed by atoms with van der Waals surface area (Å²) in [5, 5.41) is 6.16. The number of carbonyl (C=O) groups excluding carboxylic acids is 1. The summed E-state index contributed by atoms with van der Waals surface area (Å²) in [6.45, 7) is 7.80. The first-order valence-electron chi connectivity index (χ1n) is 8.16. The van der Waals surface area contributed by atoms with Gasteiger partial charge in [0, 0.05) is 35.1 Å². The molecule has 0 unspecified atom stereocenters. The number of hydrogen-bond acceptors (Lipinski definition) is 5. The van der Waals surface area contributed by atoms with Crippen LogP contribution in [-0.2, 0) is 0 Å². The molecule has 0 bridgehead atoms. The highest BCUT2D eigenvalue weighted by Gasteiger charge is 2.20. The number of nitrogens with zero attached hydrogens (tertiary/aromatic N) is 2. The number of fused-ring (bicyclic) bond motifs is 1. The highest BCUT2D eigenvalue weighted by molar-refractivity contribution is 7.22. The summed E-state index contributed by atoms with van der Waals surface area (Å²) >= 11 is 3.12. The second-order valence-corrected chi connectivity index (χ2v) is 7.37. The van der Waals surface area contributed by atoms with E-state index in [0.717, 1.165) is 45.2 Å². The molecule has 0 spiro atoms. The van der Waals surface area contributed by atoms with Gasteiger partial charge in [0.1, 0.15) is 9.71 Å². The molecule has 6 heteroatoms. The molecule has 0 saturated heterocycles. The second-order valence-electron chi connectivity index (χ2n) is 5.42. The predicted molar refractivity (Wildman–Crippen MR) is 103 cm³/mol. The number of pyridine rings is 1. The van der Waals surface area contributed by atoms with Gasteiger partial charge in [0.15, 0.2) is 0 Å². The third-order valence-corrected chi connectivity index (χ3v) is 6.05. The standard InChI is InChI=1S/C18H21N3OS2/c1-3-21(4-2)11-10-19-17(22)16-15(14-8-6-12-23-14)13-7-5-9-20-18(13)24-16/h5-9,12H,3-4,10-11H2,1-2H3,(H,19,22). The van der Waals surface area contributed by atoms with Crippen LogP contribution in [0.2, 0.25) is 0 Å². The number of nitrogens with one attached hydrogen (secondary N) is 1. The molecular weight excluding hydrogens is 338 g/mol. The number of amides is 1. The molecule has 1 amide bonds. The summed E-state index contributed by atoms with van der Waals surface area (Å²) in [4.78, 5) is 22.3. The van der Waals surface area contributed by atoms with Gasteiger partial charge in [-0.2, -0.15) is 0 Å². The van der Waals surface area contributed by atoms with Gasteiger partial charge < -0.3 is 10.2 Å². The maximum atomic E-state index is 12.7. The summed E-state index contributed by atoms with van der Waals surface area (Å²) in [6.07, 6.45) is 1.78. The topological polar surface area (TPSA) is 45.2 Å². The number of thiophene rings is 2. The summed E-state index contributed by atoms with van der Waals surface area (Å²) in [7, 11) is 0. The zero-order chi connectivity index (χ0) is 16.9. The van der Waals surface area contributed by atoms with Gasteiger partial charge in [0.2, 0.25) is 0 Å². The van der Waals surface area contributed by atoms with Crippen molar-refractivity contribution in [3.05, 3.63) is 40.7 Å². The Morgan fingerprint density at radius 3 is 2.79 bits per heavy atom. The van der Waals surface area contributed by atoms with E-state index in [4.69, 9.17) is 0 Å². The largest absolute Gasteiger partial charge is 0.350 e. The molecular formula is C18H21N3OS2. The van der Waals surface area contributed by atoms with E-state index in [1.807, 2.05) is 23.6 Å². The van der Waals surface area contributed by atoms with Gasteiger partial charge in [0.05, 0.1) is 0 Å². The van der Waals surface area contributed by atoms with Crippen molar-refractivity contribution in [3.63, 3.8) is 0 Å². The van der Waals surface area contributed by atoms with E-state index in [1.165, 1.54) is 11.3 Å². The molecule has 0 saturated carbocycles. The summed E-state index contributed by atoms with van der Waals surface area (Å²) in [6, 6.07) is 8.04. The third-order valence-electron chi connectivity index (χ3n) is 4.05. The third kappa shape index (κ3) is 3.50. The number of carbonyl (C=O) groups is 1. The molecule has 3 aromatic rings. The minimum absolute atomic E-state index is 0.00597. The van der Waals surface area contributed by atoms with Crippen molar-refractivity contribution in [1.29, 1.82) is 0 Å². The zero-order valence-corrected chi connectivity index (χ0v) is 15.5. The normalized spacial score (nSPS) is 11.3. The number of rotatable bonds is 7. The number of hydrogen-bond donors (Lipinski definition) is 1. The van der Waals surface area contributed by atoms with Gasteiger partial charge in [-0.1, -0.05) is 19.9 Å². The fourth-order valence-corrected chi connectivity index (χ4v) is 4.63. The first-order valence-corrected chi connectivity index (χ1v) is 9.86. The molecule has 0 aliphatic carbocycles. The average molecular weight is 360 g/mol. The van der Waals surface area contributed by atoms with Gasteiger partial charge >= 0.3 is 0 Å². The van der Waals surface area contributed by atoms with Crippen LogP contribution in [0.1, 0.15) is 23.5 Å². The molecule has 0 aliphatic rings. The Labute approximate surface area is 150 Å². The number of aromatic nitrogens is 1. The second kappa shape index (κ2) is 7.88. The predicted octanol–water partition coefficient (Wildman–Crippen LogP) is 4.10.